The van der Waals surface area contributed by atoms with Gasteiger partial charge in [0.15, 0.2) is 6.61 Å². The molecule has 148 valence electrons. The molecule has 1 fully saturated rings. The van der Waals surface area contributed by atoms with Gasteiger partial charge in [-0.05, 0) is 37.5 Å². The summed E-state index contributed by atoms with van der Waals surface area (Å²) in [6.45, 7) is 1.28. The fourth-order valence-electron chi connectivity index (χ4n) is 3.44. The van der Waals surface area contributed by atoms with Crippen LogP contribution in [0.25, 0.3) is 0 Å². The Bertz CT molecular complexity index is 825. The number of hydrogen-bond donors (Lipinski definition) is 1. The number of nitrogens with one attached hydrogen (secondary N) is 1. The standard InChI is InChI=1S/C20H21ClN2O5/c1-12-15(21)7-4-8-16(12)22-17(24)11-28-18(25)9-10-23-19(26)13-5-2-3-6-14(13)20(23)27/h2-4,7-8,13-14H,5-6,9-11H2,1H3,(H,22,24)/t13-,14-/m1/s1. The van der Waals surface area contributed by atoms with Crippen LogP contribution >= 0.6 is 11.6 Å². The lowest BCUT2D eigenvalue weighted by molar-refractivity contribution is -0.148. The molecule has 1 aliphatic heterocycles. The molecule has 0 unspecified atom stereocenters. The van der Waals surface area contributed by atoms with E-state index < -0.39 is 18.5 Å². The summed E-state index contributed by atoms with van der Waals surface area (Å²) in [4.78, 5) is 49.7. The second-order valence-corrected chi connectivity index (χ2v) is 7.26. The molecule has 3 rings (SSSR count). The maximum atomic E-state index is 12.3. The third-order valence-electron chi connectivity index (χ3n) is 5.04. The Morgan fingerprint density at radius 3 is 2.46 bits per heavy atom. The molecular formula is C20H21ClN2O5. The predicted molar refractivity (Wildman–Crippen MR) is 102 cm³/mol. The minimum absolute atomic E-state index is 0.0292. The van der Waals surface area contributed by atoms with Crippen LogP contribution in [0, 0.1) is 18.8 Å². The van der Waals surface area contributed by atoms with E-state index in [-0.39, 0.29) is 36.6 Å². The largest absolute Gasteiger partial charge is 0.456 e. The van der Waals surface area contributed by atoms with Crippen molar-refractivity contribution >= 4 is 41.0 Å². The van der Waals surface area contributed by atoms with Gasteiger partial charge < -0.3 is 10.1 Å². The Hall–Kier alpha value is -2.67. The lowest BCUT2D eigenvalue weighted by atomic mass is 9.85. The van der Waals surface area contributed by atoms with Crippen molar-refractivity contribution in [2.75, 3.05) is 18.5 Å². The molecule has 1 N–H and O–H groups in total. The zero-order valence-corrected chi connectivity index (χ0v) is 16.2. The number of rotatable bonds is 6. The Morgan fingerprint density at radius 1 is 1.18 bits per heavy atom. The molecule has 0 bridgehead atoms. The van der Waals surface area contributed by atoms with Crippen molar-refractivity contribution in [3.8, 4) is 0 Å². The van der Waals surface area contributed by atoms with Crippen molar-refractivity contribution in [3.63, 3.8) is 0 Å². The summed E-state index contributed by atoms with van der Waals surface area (Å²) in [7, 11) is 0. The number of hydrogen-bond acceptors (Lipinski definition) is 5. The molecule has 0 aromatic heterocycles. The van der Waals surface area contributed by atoms with Crippen LogP contribution < -0.4 is 5.32 Å². The van der Waals surface area contributed by atoms with Crippen molar-refractivity contribution in [2.24, 2.45) is 11.8 Å². The van der Waals surface area contributed by atoms with Gasteiger partial charge in [0.2, 0.25) is 11.8 Å². The van der Waals surface area contributed by atoms with Crippen LogP contribution in [0.1, 0.15) is 24.8 Å². The van der Waals surface area contributed by atoms with E-state index in [4.69, 9.17) is 16.3 Å². The molecule has 3 amide bonds. The number of allylic oxidation sites excluding steroid dienone is 2. The number of anilines is 1. The molecule has 28 heavy (non-hydrogen) atoms. The quantitative estimate of drug-likeness (QED) is 0.446. The van der Waals surface area contributed by atoms with E-state index in [1.54, 1.807) is 25.1 Å². The maximum absolute atomic E-state index is 12.3. The SMILES string of the molecule is Cc1c(Cl)cccc1NC(=O)COC(=O)CCN1C(=O)[C@@H]2CC=CC[C@H]2C1=O. The number of amides is 3. The van der Waals surface area contributed by atoms with Gasteiger partial charge in [-0.3, -0.25) is 24.1 Å². The molecule has 1 aliphatic carbocycles. The predicted octanol–water partition coefficient (Wildman–Crippen LogP) is 2.47. The Balaban J connectivity index is 1.45. The average molecular weight is 405 g/mol. The van der Waals surface area contributed by atoms with Gasteiger partial charge in [-0.1, -0.05) is 29.8 Å². The molecule has 1 heterocycles. The maximum Gasteiger partial charge on any atom is 0.308 e. The number of esters is 1. The number of fused-ring (bicyclic) bond motifs is 1. The summed E-state index contributed by atoms with van der Waals surface area (Å²) in [6, 6.07) is 5.10. The highest BCUT2D eigenvalue weighted by Gasteiger charge is 2.46. The van der Waals surface area contributed by atoms with Crippen LogP contribution in [0.15, 0.2) is 30.4 Å². The van der Waals surface area contributed by atoms with E-state index in [9.17, 15) is 19.2 Å². The van der Waals surface area contributed by atoms with Crippen molar-refractivity contribution < 1.29 is 23.9 Å². The summed E-state index contributed by atoms with van der Waals surface area (Å²) in [5.74, 6) is -2.25. The number of imide groups is 1. The normalized spacial score (nSPS) is 20.9. The van der Waals surface area contributed by atoms with Crippen molar-refractivity contribution in [1.82, 2.24) is 4.90 Å². The first kappa shape index (κ1) is 20.1. The van der Waals surface area contributed by atoms with Crippen LogP contribution in [-0.2, 0) is 23.9 Å². The van der Waals surface area contributed by atoms with Gasteiger partial charge in [-0.25, -0.2) is 0 Å². The monoisotopic (exact) mass is 404 g/mol. The zero-order valence-electron chi connectivity index (χ0n) is 15.4. The van der Waals surface area contributed by atoms with Crippen molar-refractivity contribution in [2.45, 2.75) is 26.2 Å². The molecule has 2 atom stereocenters. The van der Waals surface area contributed by atoms with E-state index >= 15 is 0 Å². The number of benzene rings is 1. The number of carbonyl (C=O) groups excluding carboxylic acids is 4. The van der Waals surface area contributed by atoms with Crippen LogP contribution in [0.4, 0.5) is 5.69 Å². The summed E-state index contributed by atoms with van der Waals surface area (Å²) < 4.78 is 4.95. The van der Waals surface area contributed by atoms with E-state index in [0.29, 0.717) is 29.1 Å². The minimum atomic E-state index is -0.647. The number of likely N-dealkylation sites (tertiary alicyclic amines) is 1. The van der Waals surface area contributed by atoms with E-state index in [1.807, 2.05) is 12.2 Å². The summed E-state index contributed by atoms with van der Waals surface area (Å²) >= 11 is 6.00. The van der Waals surface area contributed by atoms with Crippen LogP contribution in [0.2, 0.25) is 5.02 Å². The number of nitrogens with zero attached hydrogens (tertiary/aromatic N) is 1. The van der Waals surface area contributed by atoms with Gasteiger partial charge in [-0.2, -0.15) is 0 Å². The molecule has 1 saturated heterocycles. The molecular weight excluding hydrogens is 384 g/mol. The molecule has 0 spiro atoms. The topological polar surface area (TPSA) is 92.8 Å². The smallest absolute Gasteiger partial charge is 0.308 e. The number of ether oxygens (including phenoxy) is 1. The minimum Gasteiger partial charge on any atom is -0.456 e. The lowest BCUT2D eigenvalue weighted by Gasteiger charge is -2.14. The van der Waals surface area contributed by atoms with Gasteiger partial charge in [-0.15, -0.1) is 0 Å². The first-order valence-corrected chi connectivity index (χ1v) is 9.47. The van der Waals surface area contributed by atoms with Crippen LogP contribution in [-0.4, -0.2) is 41.7 Å². The average Bonchev–Trinajstić information content (AvgIpc) is 2.93. The van der Waals surface area contributed by atoms with Gasteiger partial charge in [0.1, 0.15) is 0 Å². The van der Waals surface area contributed by atoms with Crippen molar-refractivity contribution in [3.05, 3.63) is 40.9 Å². The summed E-state index contributed by atoms with van der Waals surface area (Å²) in [6.07, 6.45) is 4.78. The summed E-state index contributed by atoms with van der Waals surface area (Å²) in [5, 5.41) is 3.14. The van der Waals surface area contributed by atoms with Gasteiger partial charge in [0.25, 0.3) is 5.91 Å². The molecule has 7 nitrogen and oxygen atoms in total. The zero-order chi connectivity index (χ0) is 20.3. The second-order valence-electron chi connectivity index (χ2n) is 6.86. The van der Waals surface area contributed by atoms with Crippen LogP contribution in [0.5, 0.6) is 0 Å². The van der Waals surface area contributed by atoms with Crippen LogP contribution in [0.3, 0.4) is 0 Å². The highest BCUT2D eigenvalue weighted by atomic mass is 35.5. The third kappa shape index (κ3) is 4.25. The first-order chi connectivity index (χ1) is 13.4. The van der Waals surface area contributed by atoms with Gasteiger partial charge in [0, 0.05) is 17.3 Å². The van der Waals surface area contributed by atoms with Crippen molar-refractivity contribution in [1.29, 1.82) is 0 Å². The molecule has 1 aromatic carbocycles. The van der Waals surface area contributed by atoms with E-state index in [1.165, 1.54) is 0 Å². The van der Waals surface area contributed by atoms with Gasteiger partial charge >= 0.3 is 5.97 Å². The fourth-order valence-corrected chi connectivity index (χ4v) is 3.61. The molecule has 2 aliphatic rings. The molecule has 0 radical (unpaired) electrons. The molecule has 1 aromatic rings. The number of carbonyl (C=O) groups is 4. The number of halogens is 1. The van der Waals surface area contributed by atoms with E-state index in [2.05, 4.69) is 5.32 Å². The Kier molecular flexibility index (Phi) is 6.14. The lowest BCUT2D eigenvalue weighted by Crippen LogP contribution is -2.33. The highest BCUT2D eigenvalue weighted by Crippen LogP contribution is 2.35. The fraction of sp³-hybridized carbons (Fsp3) is 0.400. The molecule has 8 heteroatoms. The Morgan fingerprint density at radius 2 is 1.82 bits per heavy atom. The first-order valence-electron chi connectivity index (χ1n) is 9.09. The second kappa shape index (κ2) is 8.56. The van der Waals surface area contributed by atoms with Gasteiger partial charge in [0.05, 0.1) is 18.3 Å². The Labute approximate surface area is 167 Å². The molecule has 0 saturated carbocycles. The highest BCUT2D eigenvalue weighted by molar-refractivity contribution is 6.31. The summed E-state index contributed by atoms with van der Waals surface area (Å²) in [5.41, 5.74) is 1.25. The third-order valence-corrected chi connectivity index (χ3v) is 5.45. The van der Waals surface area contributed by atoms with E-state index in [0.717, 1.165) is 4.90 Å².